The lowest BCUT2D eigenvalue weighted by Gasteiger charge is -2.17. The van der Waals surface area contributed by atoms with E-state index in [-0.39, 0.29) is 0 Å². The van der Waals surface area contributed by atoms with Crippen LogP contribution in [0.2, 0.25) is 0 Å². The fraction of sp³-hybridized carbons (Fsp3) is 0.357. The number of carboxylic acid groups (broad SMARTS) is 1. The highest BCUT2D eigenvalue weighted by molar-refractivity contribution is 5.83. The van der Waals surface area contributed by atoms with Crippen LogP contribution in [0.5, 0.6) is 0 Å². The highest BCUT2D eigenvalue weighted by Gasteiger charge is 2.32. The van der Waals surface area contributed by atoms with Gasteiger partial charge in [0.05, 0.1) is 0 Å². The average Bonchev–Trinajstić information content (AvgIpc) is 2.65. The lowest BCUT2D eigenvalue weighted by molar-refractivity contribution is -0.138. The predicted octanol–water partition coefficient (Wildman–Crippen LogP) is 2.64. The molecule has 3 heteroatoms. The van der Waals surface area contributed by atoms with E-state index >= 15 is 0 Å². The van der Waals surface area contributed by atoms with E-state index in [1.807, 2.05) is 24.3 Å². The summed E-state index contributed by atoms with van der Waals surface area (Å²) in [5, 5.41) is 9.21. The number of nitrogens with zero attached hydrogens (tertiary/aromatic N) is 1. The summed E-state index contributed by atoms with van der Waals surface area (Å²) in [4.78, 5) is 13.3. The first-order chi connectivity index (χ1) is 8.09. The molecule has 1 aromatic rings. The summed E-state index contributed by atoms with van der Waals surface area (Å²) in [5.41, 5.74) is 3.24. The van der Waals surface area contributed by atoms with Gasteiger partial charge >= 0.3 is 5.97 Å². The Morgan fingerprint density at radius 3 is 2.82 bits per heavy atom. The van der Waals surface area contributed by atoms with E-state index in [1.165, 1.54) is 5.57 Å². The van der Waals surface area contributed by atoms with E-state index in [0.717, 1.165) is 17.8 Å². The number of aliphatic carboxylic acids is 1. The average molecular weight is 231 g/mol. The van der Waals surface area contributed by atoms with Gasteiger partial charge in [-0.2, -0.15) is 0 Å². The van der Waals surface area contributed by atoms with Gasteiger partial charge in [0.15, 0.2) is 0 Å². The zero-order valence-corrected chi connectivity index (χ0v) is 10.2. The molecule has 2 rings (SSSR count). The maximum Gasteiger partial charge on any atom is 0.312 e. The second-order valence-electron chi connectivity index (χ2n) is 4.64. The van der Waals surface area contributed by atoms with Gasteiger partial charge in [0.2, 0.25) is 0 Å². The first-order valence-electron chi connectivity index (χ1n) is 5.79. The number of carbonyl (C=O) groups is 1. The monoisotopic (exact) mass is 231 g/mol. The molecule has 0 amide bonds. The summed E-state index contributed by atoms with van der Waals surface area (Å²) in [6, 6.07) is 7.77. The molecule has 1 heterocycles. The molecule has 17 heavy (non-hydrogen) atoms. The molecule has 0 spiro atoms. The van der Waals surface area contributed by atoms with E-state index in [2.05, 4.69) is 24.8 Å². The van der Waals surface area contributed by atoms with Crippen LogP contribution in [0.3, 0.4) is 0 Å². The van der Waals surface area contributed by atoms with Crippen molar-refractivity contribution in [3.63, 3.8) is 0 Å². The Bertz CT molecular complexity index is 461. The SMILES string of the molecule is CC(C)=CCN1CC(C(=O)O)c2ccccc21. The van der Waals surface area contributed by atoms with Crippen molar-refractivity contribution >= 4 is 11.7 Å². The Hall–Kier alpha value is -1.77. The number of carboxylic acids is 1. The highest BCUT2D eigenvalue weighted by Crippen LogP contribution is 2.35. The smallest absolute Gasteiger partial charge is 0.312 e. The van der Waals surface area contributed by atoms with Crippen LogP contribution >= 0.6 is 0 Å². The normalized spacial score (nSPS) is 17.8. The number of fused-ring (bicyclic) bond motifs is 1. The number of hydrogen-bond donors (Lipinski definition) is 1. The van der Waals surface area contributed by atoms with Gasteiger partial charge in [-0.3, -0.25) is 4.79 Å². The van der Waals surface area contributed by atoms with Crippen molar-refractivity contribution in [2.75, 3.05) is 18.0 Å². The van der Waals surface area contributed by atoms with Crippen molar-refractivity contribution in [2.45, 2.75) is 19.8 Å². The van der Waals surface area contributed by atoms with E-state index < -0.39 is 11.9 Å². The Morgan fingerprint density at radius 1 is 1.47 bits per heavy atom. The lowest BCUT2D eigenvalue weighted by atomic mass is 10.0. The minimum atomic E-state index is -0.739. The Labute approximate surface area is 101 Å². The van der Waals surface area contributed by atoms with Crippen LogP contribution in [0.1, 0.15) is 25.3 Å². The molecule has 0 radical (unpaired) electrons. The van der Waals surface area contributed by atoms with Crippen molar-refractivity contribution in [3.05, 3.63) is 41.5 Å². The first kappa shape index (κ1) is 11.7. The van der Waals surface area contributed by atoms with Gasteiger partial charge in [-0.1, -0.05) is 29.8 Å². The number of anilines is 1. The van der Waals surface area contributed by atoms with Gasteiger partial charge in [0.25, 0.3) is 0 Å². The van der Waals surface area contributed by atoms with Crippen molar-refractivity contribution in [3.8, 4) is 0 Å². The minimum Gasteiger partial charge on any atom is -0.481 e. The molecule has 3 nitrogen and oxygen atoms in total. The number of hydrogen-bond acceptors (Lipinski definition) is 2. The zero-order valence-electron chi connectivity index (χ0n) is 10.2. The van der Waals surface area contributed by atoms with Gasteiger partial charge < -0.3 is 10.0 Å². The van der Waals surface area contributed by atoms with Crippen molar-refractivity contribution in [2.24, 2.45) is 0 Å². The predicted molar refractivity (Wildman–Crippen MR) is 68.5 cm³/mol. The van der Waals surface area contributed by atoms with Gasteiger partial charge in [-0.25, -0.2) is 0 Å². The van der Waals surface area contributed by atoms with Crippen LogP contribution in [-0.2, 0) is 4.79 Å². The fourth-order valence-corrected chi connectivity index (χ4v) is 2.16. The lowest BCUT2D eigenvalue weighted by Crippen LogP contribution is -2.24. The topological polar surface area (TPSA) is 40.5 Å². The number of benzene rings is 1. The summed E-state index contributed by atoms with van der Waals surface area (Å²) in [6.07, 6.45) is 2.13. The molecule has 1 aliphatic rings. The fourth-order valence-electron chi connectivity index (χ4n) is 2.16. The molecule has 0 fully saturated rings. The standard InChI is InChI=1S/C14H17NO2/c1-10(2)7-8-15-9-12(14(16)17)11-5-3-4-6-13(11)15/h3-7,12H,8-9H2,1-2H3,(H,16,17). The Morgan fingerprint density at radius 2 is 2.18 bits per heavy atom. The molecule has 1 aromatic carbocycles. The maximum atomic E-state index is 11.2. The van der Waals surface area contributed by atoms with E-state index in [0.29, 0.717) is 6.54 Å². The summed E-state index contributed by atoms with van der Waals surface area (Å²) < 4.78 is 0. The van der Waals surface area contributed by atoms with Crippen LogP contribution in [0, 0.1) is 0 Å². The maximum absolute atomic E-state index is 11.2. The number of para-hydroxylation sites is 1. The molecule has 0 saturated heterocycles. The second kappa shape index (κ2) is 4.62. The molecule has 1 atom stereocenters. The first-order valence-corrected chi connectivity index (χ1v) is 5.79. The van der Waals surface area contributed by atoms with Crippen molar-refractivity contribution < 1.29 is 9.90 Å². The Kier molecular flexibility index (Phi) is 3.18. The summed E-state index contributed by atoms with van der Waals surface area (Å²) in [6.45, 7) is 5.45. The van der Waals surface area contributed by atoms with E-state index in [4.69, 9.17) is 0 Å². The molecule has 1 N–H and O–H groups in total. The molecule has 0 bridgehead atoms. The van der Waals surface area contributed by atoms with Crippen LogP contribution < -0.4 is 4.90 Å². The van der Waals surface area contributed by atoms with Crippen LogP contribution in [-0.4, -0.2) is 24.2 Å². The molecular formula is C14H17NO2. The van der Waals surface area contributed by atoms with E-state index in [1.54, 1.807) is 0 Å². The molecule has 0 aromatic heterocycles. The number of rotatable bonds is 3. The zero-order chi connectivity index (χ0) is 12.4. The van der Waals surface area contributed by atoms with Crippen LogP contribution in [0.15, 0.2) is 35.9 Å². The molecule has 0 aliphatic carbocycles. The van der Waals surface area contributed by atoms with E-state index in [9.17, 15) is 9.90 Å². The molecule has 1 unspecified atom stereocenters. The summed E-state index contributed by atoms with van der Waals surface area (Å²) in [7, 11) is 0. The minimum absolute atomic E-state index is 0.392. The van der Waals surface area contributed by atoms with Crippen molar-refractivity contribution in [1.29, 1.82) is 0 Å². The molecule has 90 valence electrons. The van der Waals surface area contributed by atoms with Crippen LogP contribution in [0.25, 0.3) is 0 Å². The van der Waals surface area contributed by atoms with Gasteiger partial charge in [-0.15, -0.1) is 0 Å². The quantitative estimate of drug-likeness (QED) is 0.813. The van der Waals surface area contributed by atoms with Crippen LogP contribution in [0.4, 0.5) is 5.69 Å². The highest BCUT2D eigenvalue weighted by atomic mass is 16.4. The summed E-state index contributed by atoms with van der Waals surface area (Å²) in [5.74, 6) is -1.13. The Balaban J connectivity index is 2.28. The van der Waals surface area contributed by atoms with Gasteiger partial charge in [0, 0.05) is 18.8 Å². The molecule has 0 saturated carbocycles. The summed E-state index contributed by atoms with van der Waals surface area (Å²) >= 11 is 0. The van der Waals surface area contributed by atoms with Crippen molar-refractivity contribution in [1.82, 2.24) is 0 Å². The largest absolute Gasteiger partial charge is 0.481 e. The molecule has 1 aliphatic heterocycles. The third-order valence-electron chi connectivity index (χ3n) is 3.07. The van der Waals surface area contributed by atoms with Gasteiger partial charge in [0.1, 0.15) is 5.92 Å². The third-order valence-corrected chi connectivity index (χ3v) is 3.07. The number of allylic oxidation sites excluding steroid dienone is 1. The van der Waals surface area contributed by atoms with Gasteiger partial charge in [-0.05, 0) is 25.5 Å². The molecular weight excluding hydrogens is 214 g/mol. The third kappa shape index (κ3) is 2.33. The second-order valence-corrected chi connectivity index (χ2v) is 4.64.